The normalized spacial score (nSPS) is 32.2. The van der Waals surface area contributed by atoms with Gasteiger partial charge in [-0.2, -0.15) is 4.98 Å². The van der Waals surface area contributed by atoms with Gasteiger partial charge in [-0.05, 0) is 50.4 Å². The van der Waals surface area contributed by atoms with Crippen LogP contribution in [-0.2, 0) is 10.3 Å². The zero-order valence-corrected chi connectivity index (χ0v) is 12.5. The third-order valence-corrected chi connectivity index (χ3v) is 5.00. The van der Waals surface area contributed by atoms with Gasteiger partial charge in [0.15, 0.2) is 0 Å². The van der Waals surface area contributed by atoms with Crippen molar-refractivity contribution in [2.75, 3.05) is 7.11 Å². The molecule has 5 nitrogen and oxygen atoms in total. The maximum atomic E-state index is 6.51. The van der Waals surface area contributed by atoms with E-state index in [2.05, 4.69) is 17.1 Å². The second kappa shape index (κ2) is 5.45. The van der Waals surface area contributed by atoms with Crippen LogP contribution in [0, 0.1) is 11.8 Å². The molecule has 2 saturated carbocycles. The topological polar surface area (TPSA) is 74.2 Å². The molecule has 2 aliphatic carbocycles. The zero-order chi connectivity index (χ0) is 14.2. The fourth-order valence-corrected chi connectivity index (χ4v) is 3.28. The Morgan fingerprint density at radius 1 is 1.35 bits per heavy atom. The lowest BCUT2D eigenvalue weighted by Gasteiger charge is -2.33. The number of rotatable bonds is 5. The van der Waals surface area contributed by atoms with E-state index in [4.69, 9.17) is 15.0 Å². The molecule has 1 heterocycles. The highest BCUT2D eigenvalue weighted by Crippen LogP contribution is 2.43. The quantitative estimate of drug-likeness (QED) is 0.897. The summed E-state index contributed by atoms with van der Waals surface area (Å²) in [6.45, 7) is 2.25. The first-order valence-electron chi connectivity index (χ1n) is 7.82. The van der Waals surface area contributed by atoms with E-state index in [0.29, 0.717) is 17.6 Å². The molecule has 0 aromatic carbocycles. The van der Waals surface area contributed by atoms with Gasteiger partial charge in [-0.15, -0.1) is 0 Å². The van der Waals surface area contributed by atoms with Crippen LogP contribution in [0.25, 0.3) is 0 Å². The van der Waals surface area contributed by atoms with Crippen LogP contribution in [-0.4, -0.2) is 17.3 Å². The summed E-state index contributed by atoms with van der Waals surface area (Å²) in [4.78, 5) is 4.56. The van der Waals surface area contributed by atoms with Crippen LogP contribution in [0.3, 0.4) is 0 Å². The Hall–Kier alpha value is -0.940. The molecule has 3 rings (SSSR count). The average Bonchev–Trinajstić information content (AvgIpc) is 3.17. The minimum absolute atomic E-state index is 0.0249. The van der Waals surface area contributed by atoms with Crippen molar-refractivity contribution in [3.63, 3.8) is 0 Å². The zero-order valence-electron chi connectivity index (χ0n) is 12.5. The summed E-state index contributed by atoms with van der Waals surface area (Å²) in [7, 11) is 1.71. The van der Waals surface area contributed by atoms with Crippen molar-refractivity contribution in [1.82, 2.24) is 10.1 Å². The van der Waals surface area contributed by atoms with E-state index in [1.165, 1.54) is 19.3 Å². The number of hydrogen-bond donors (Lipinski definition) is 1. The maximum absolute atomic E-state index is 6.51. The number of nitrogens with zero attached hydrogens (tertiary/aromatic N) is 2. The Morgan fingerprint density at radius 3 is 2.60 bits per heavy atom. The predicted octanol–water partition coefficient (Wildman–Crippen LogP) is 2.92. The summed E-state index contributed by atoms with van der Waals surface area (Å²) in [6.07, 6.45) is 7.77. The van der Waals surface area contributed by atoms with Gasteiger partial charge in [-0.3, -0.25) is 0 Å². The molecule has 0 bridgehead atoms. The van der Waals surface area contributed by atoms with Crippen LogP contribution in [0.4, 0.5) is 0 Å². The highest BCUT2D eigenvalue weighted by molar-refractivity contribution is 5.07. The molecule has 2 N–H and O–H groups in total. The third kappa shape index (κ3) is 2.61. The second-order valence-electron chi connectivity index (χ2n) is 6.46. The van der Waals surface area contributed by atoms with Gasteiger partial charge in [0.2, 0.25) is 11.7 Å². The van der Waals surface area contributed by atoms with E-state index in [1.54, 1.807) is 7.11 Å². The van der Waals surface area contributed by atoms with Gasteiger partial charge in [0.1, 0.15) is 6.10 Å². The van der Waals surface area contributed by atoms with Crippen molar-refractivity contribution < 1.29 is 9.26 Å². The third-order valence-electron chi connectivity index (χ3n) is 5.00. The van der Waals surface area contributed by atoms with Crippen molar-refractivity contribution in [1.29, 1.82) is 0 Å². The summed E-state index contributed by atoms with van der Waals surface area (Å²) in [5.74, 6) is 2.62. The number of aromatic nitrogens is 2. The molecule has 0 radical (unpaired) electrons. The van der Waals surface area contributed by atoms with E-state index in [0.717, 1.165) is 31.6 Å². The van der Waals surface area contributed by atoms with E-state index in [1.807, 2.05) is 0 Å². The number of ether oxygens (including phenoxy) is 1. The molecule has 1 aromatic heterocycles. The molecular weight excluding hydrogens is 254 g/mol. The summed E-state index contributed by atoms with van der Waals surface area (Å²) in [5, 5.41) is 4.12. The van der Waals surface area contributed by atoms with Crippen LogP contribution in [0.1, 0.15) is 69.7 Å². The molecule has 0 saturated heterocycles. The SMILES string of the molecule is CCC1CCC(N)(c2nc(C(OC)C3CC3)no2)CC1. The molecule has 20 heavy (non-hydrogen) atoms. The van der Waals surface area contributed by atoms with Crippen molar-refractivity contribution in [3.05, 3.63) is 11.7 Å². The Morgan fingerprint density at radius 2 is 2.05 bits per heavy atom. The molecule has 0 amide bonds. The number of nitrogens with two attached hydrogens (primary N) is 1. The van der Waals surface area contributed by atoms with Crippen molar-refractivity contribution in [3.8, 4) is 0 Å². The van der Waals surface area contributed by atoms with Gasteiger partial charge in [0, 0.05) is 7.11 Å². The lowest BCUT2D eigenvalue weighted by molar-refractivity contribution is 0.0750. The molecule has 1 atom stereocenters. The fraction of sp³-hybridized carbons (Fsp3) is 0.867. The largest absolute Gasteiger partial charge is 0.373 e. The van der Waals surface area contributed by atoms with Gasteiger partial charge in [-0.25, -0.2) is 0 Å². The van der Waals surface area contributed by atoms with Crippen molar-refractivity contribution in [2.45, 2.75) is 63.5 Å². The standard InChI is InChI=1S/C15H25N3O2/c1-3-10-6-8-15(16,9-7-10)14-17-13(18-20-14)12(19-2)11-4-5-11/h10-12H,3-9,16H2,1-2H3. The molecule has 0 aliphatic heterocycles. The number of methoxy groups -OCH3 is 1. The first-order valence-corrected chi connectivity index (χ1v) is 7.82. The molecule has 2 fully saturated rings. The van der Waals surface area contributed by atoms with Gasteiger partial charge in [-0.1, -0.05) is 18.5 Å². The average molecular weight is 279 g/mol. The minimum atomic E-state index is -0.432. The van der Waals surface area contributed by atoms with E-state index < -0.39 is 5.54 Å². The summed E-state index contributed by atoms with van der Waals surface area (Å²) in [6, 6.07) is 0. The molecular formula is C15H25N3O2. The monoisotopic (exact) mass is 279 g/mol. The first-order chi connectivity index (χ1) is 9.66. The first kappa shape index (κ1) is 14.0. The molecule has 1 unspecified atom stereocenters. The molecule has 112 valence electrons. The number of hydrogen-bond acceptors (Lipinski definition) is 5. The van der Waals surface area contributed by atoms with Crippen LogP contribution >= 0.6 is 0 Å². The Bertz CT molecular complexity index is 448. The van der Waals surface area contributed by atoms with Gasteiger partial charge in [0.05, 0.1) is 5.54 Å². The van der Waals surface area contributed by atoms with Crippen molar-refractivity contribution >= 4 is 0 Å². The van der Waals surface area contributed by atoms with Crippen molar-refractivity contribution in [2.24, 2.45) is 17.6 Å². The summed E-state index contributed by atoms with van der Waals surface area (Å²) < 4.78 is 11.0. The van der Waals surface area contributed by atoms with E-state index in [9.17, 15) is 0 Å². The predicted molar refractivity (Wildman–Crippen MR) is 74.9 cm³/mol. The highest BCUT2D eigenvalue weighted by Gasteiger charge is 2.40. The molecule has 0 spiro atoms. The fourth-order valence-electron chi connectivity index (χ4n) is 3.28. The van der Waals surface area contributed by atoms with Crippen LogP contribution in [0.15, 0.2) is 4.52 Å². The van der Waals surface area contributed by atoms with Crippen LogP contribution in [0.2, 0.25) is 0 Å². The van der Waals surface area contributed by atoms with Gasteiger partial charge in [0.25, 0.3) is 0 Å². The van der Waals surface area contributed by atoms with Crippen LogP contribution in [0.5, 0.6) is 0 Å². The summed E-state index contributed by atoms with van der Waals surface area (Å²) >= 11 is 0. The van der Waals surface area contributed by atoms with E-state index in [-0.39, 0.29) is 6.10 Å². The lowest BCUT2D eigenvalue weighted by Crippen LogP contribution is -2.40. The Balaban J connectivity index is 1.72. The van der Waals surface area contributed by atoms with Gasteiger partial charge < -0.3 is 15.0 Å². The maximum Gasteiger partial charge on any atom is 0.246 e. The van der Waals surface area contributed by atoms with Crippen LogP contribution < -0.4 is 5.73 Å². The molecule has 1 aromatic rings. The highest BCUT2D eigenvalue weighted by atomic mass is 16.5. The molecule has 2 aliphatic rings. The Kier molecular flexibility index (Phi) is 3.82. The minimum Gasteiger partial charge on any atom is -0.373 e. The Labute approximate surface area is 120 Å². The van der Waals surface area contributed by atoms with Gasteiger partial charge >= 0.3 is 0 Å². The smallest absolute Gasteiger partial charge is 0.246 e. The molecule has 5 heteroatoms. The van der Waals surface area contributed by atoms with E-state index >= 15 is 0 Å². The second-order valence-corrected chi connectivity index (χ2v) is 6.46. The summed E-state index contributed by atoms with van der Waals surface area (Å²) in [5.41, 5.74) is 6.08. The lowest BCUT2D eigenvalue weighted by atomic mass is 9.76.